The second-order valence-corrected chi connectivity index (χ2v) is 4.38. The van der Waals surface area contributed by atoms with Gasteiger partial charge in [0.1, 0.15) is 6.23 Å². The fraction of sp³-hybridized carbons (Fsp3) is 0.909. The van der Waals surface area contributed by atoms with Crippen LogP contribution in [0.1, 0.15) is 34.1 Å². The monoisotopic (exact) mass is 246 g/mol. The third-order valence-corrected chi connectivity index (χ3v) is 3.04. The first-order valence-corrected chi connectivity index (χ1v) is 6.34. The summed E-state index contributed by atoms with van der Waals surface area (Å²) < 4.78 is 11.1. The van der Waals surface area contributed by atoms with Crippen LogP contribution < -0.4 is 5.32 Å². The average Bonchev–Trinajstić information content (AvgIpc) is 2.17. The van der Waals surface area contributed by atoms with Crippen molar-refractivity contribution in [2.45, 2.75) is 52.7 Å². The van der Waals surface area contributed by atoms with Gasteiger partial charge in [-0.1, -0.05) is 0 Å². The third kappa shape index (κ3) is 3.88. The van der Waals surface area contributed by atoms with Gasteiger partial charge < -0.3 is 19.7 Å². The minimum Gasteiger partial charge on any atom is -0.350 e. The van der Waals surface area contributed by atoms with E-state index >= 15 is 0 Å². The molecule has 0 amide bonds. The molecule has 0 aliphatic carbocycles. The molecule has 1 aliphatic heterocycles. The normalized spacial score (nSPS) is 29.9. The van der Waals surface area contributed by atoms with Gasteiger partial charge in [-0.15, -0.1) is 0 Å². The molecular formula is C11H22N2O2S. The molecule has 1 heterocycles. The molecule has 1 N–H and O–H groups in total. The standard InChI is InChI=1S/C11H22N2O2S/c1-5-13(6-2)11(16)12-10-7-8(3)14-9(4)15-10/h8-10H,5-7H2,1-4H3,(H,12,16)/t8-,9-,10-/m0/s1. The van der Waals surface area contributed by atoms with Crippen molar-refractivity contribution in [3.8, 4) is 0 Å². The smallest absolute Gasteiger partial charge is 0.170 e. The zero-order valence-corrected chi connectivity index (χ0v) is 11.3. The summed E-state index contributed by atoms with van der Waals surface area (Å²) in [5.74, 6) is 0. The maximum atomic E-state index is 5.62. The zero-order chi connectivity index (χ0) is 12.1. The topological polar surface area (TPSA) is 33.7 Å². The van der Waals surface area contributed by atoms with E-state index in [2.05, 4.69) is 24.1 Å². The van der Waals surface area contributed by atoms with E-state index in [1.807, 2.05) is 13.8 Å². The van der Waals surface area contributed by atoms with Gasteiger partial charge in [0.25, 0.3) is 0 Å². The van der Waals surface area contributed by atoms with Gasteiger partial charge in [-0.2, -0.15) is 0 Å². The van der Waals surface area contributed by atoms with Gasteiger partial charge in [0.15, 0.2) is 11.4 Å². The molecule has 0 bridgehead atoms. The lowest BCUT2D eigenvalue weighted by Gasteiger charge is -2.35. The van der Waals surface area contributed by atoms with Crippen LogP contribution in [0.15, 0.2) is 0 Å². The van der Waals surface area contributed by atoms with E-state index in [1.165, 1.54) is 0 Å². The van der Waals surface area contributed by atoms with E-state index < -0.39 is 0 Å². The molecule has 1 rings (SSSR count). The highest BCUT2D eigenvalue weighted by atomic mass is 32.1. The van der Waals surface area contributed by atoms with Crippen molar-refractivity contribution in [2.24, 2.45) is 0 Å². The Hall–Kier alpha value is -0.390. The lowest BCUT2D eigenvalue weighted by atomic mass is 10.2. The fourth-order valence-electron chi connectivity index (χ4n) is 1.84. The highest BCUT2D eigenvalue weighted by Gasteiger charge is 2.25. The Bertz CT molecular complexity index is 224. The molecule has 1 aliphatic rings. The molecule has 0 saturated carbocycles. The first-order valence-electron chi connectivity index (χ1n) is 5.93. The molecule has 3 atom stereocenters. The fourth-order valence-corrected chi connectivity index (χ4v) is 2.23. The Morgan fingerprint density at radius 3 is 2.44 bits per heavy atom. The highest BCUT2D eigenvalue weighted by Crippen LogP contribution is 2.16. The summed E-state index contributed by atoms with van der Waals surface area (Å²) in [5, 5.41) is 4.00. The maximum Gasteiger partial charge on any atom is 0.170 e. The number of nitrogens with one attached hydrogen (secondary N) is 1. The molecule has 94 valence electrons. The summed E-state index contributed by atoms with van der Waals surface area (Å²) >= 11 is 5.33. The Kier molecular flexibility index (Phi) is 5.44. The third-order valence-electron chi connectivity index (χ3n) is 2.66. The van der Waals surface area contributed by atoms with Gasteiger partial charge >= 0.3 is 0 Å². The second kappa shape index (κ2) is 6.37. The van der Waals surface area contributed by atoms with Gasteiger partial charge in [-0.05, 0) is 39.9 Å². The van der Waals surface area contributed by atoms with Crippen LogP contribution in [0.3, 0.4) is 0 Å². The van der Waals surface area contributed by atoms with Crippen molar-refractivity contribution in [1.29, 1.82) is 0 Å². The van der Waals surface area contributed by atoms with Crippen LogP contribution in [-0.2, 0) is 9.47 Å². The number of thiocarbonyl (C=S) groups is 1. The number of nitrogens with zero attached hydrogens (tertiary/aromatic N) is 1. The van der Waals surface area contributed by atoms with Crippen molar-refractivity contribution in [3.63, 3.8) is 0 Å². The minimum atomic E-state index is -0.166. The molecule has 0 unspecified atom stereocenters. The summed E-state index contributed by atoms with van der Waals surface area (Å²) in [4.78, 5) is 2.10. The van der Waals surface area contributed by atoms with E-state index in [-0.39, 0.29) is 18.6 Å². The van der Waals surface area contributed by atoms with Gasteiger partial charge in [-0.25, -0.2) is 0 Å². The SMILES string of the molecule is CCN(CC)C(=S)N[C@@H]1C[C@H](C)O[C@H](C)O1. The van der Waals surface area contributed by atoms with Crippen molar-refractivity contribution >= 4 is 17.3 Å². The average molecular weight is 246 g/mol. The summed E-state index contributed by atoms with van der Waals surface area (Å²) in [7, 11) is 0. The van der Waals surface area contributed by atoms with Gasteiger partial charge in [0.2, 0.25) is 0 Å². The summed E-state index contributed by atoms with van der Waals surface area (Å²) in [6.45, 7) is 9.97. The number of hydrogen-bond donors (Lipinski definition) is 1. The van der Waals surface area contributed by atoms with Gasteiger partial charge in [-0.3, -0.25) is 0 Å². The number of hydrogen-bond acceptors (Lipinski definition) is 3. The Morgan fingerprint density at radius 1 is 1.31 bits per heavy atom. The predicted octanol–water partition coefficient (Wildman–Crippen LogP) is 1.70. The summed E-state index contributed by atoms with van der Waals surface area (Å²) in [6.07, 6.45) is 0.833. The first kappa shape index (κ1) is 13.7. The van der Waals surface area contributed by atoms with Crippen LogP contribution in [0.4, 0.5) is 0 Å². The van der Waals surface area contributed by atoms with Gasteiger partial charge in [0, 0.05) is 19.5 Å². The second-order valence-electron chi connectivity index (χ2n) is 4.00. The molecule has 1 saturated heterocycles. The Balaban J connectivity index is 2.43. The van der Waals surface area contributed by atoms with Crippen LogP contribution in [-0.4, -0.2) is 41.7 Å². The summed E-state index contributed by atoms with van der Waals surface area (Å²) in [5.41, 5.74) is 0. The van der Waals surface area contributed by atoms with Crippen LogP contribution in [0.25, 0.3) is 0 Å². The number of ether oxygens (including phenoxy) is 2. The molecule has 16 heavy (non-hydrogen) atoms. The van der Waals surface area contributed by atoms with E-state index in [1.54, 1.807) is 0 Å². The maximum absolute atomic E-state index is 5.62. The lowest BCUT2D eigenvalue weighted by molar-refractivity contribution is -0.232. The molecule has 0 radical (unpaired) electrons. The summed E-state index contributed by atoms with van der Waals surface area (Å²) in [6, 6.07) is 0. The van der Waals surface area contributed by atoms with E-state index in [0.29, 0.717) is 0 Å². The van der Waals surface area contributed by atoms with Crippen molar-refractivity contribution in [2.75, 3.05) is 13.1 Å². The molecule has 0 aromatic rings. The zero-order valence-electron chi connectivity index (χ0n) is 10.5. The van der Waals surface area contributed by atoms with Crippen LogP contribution in [0, 0.1) is 0 Å². The van der Waals surface area contributed by atoms with Crippen LogP contribution >= 0.6 is 12.2 Å². The molecule has 0 aromatic heterocycles. The van der Waals surface area contributed by atoms with Crippen molar-refractivity contribution in [1.82, 2.24) is 10.2 Å². The first-order chi connectivity index (χ1) is 7.56. The van der Waals surface area contributed by atoms with Crippen LogP contribution in [0.2, 0.25) is 0 Å². The molecule has 1 fully saturated rings. The molecule has 0 aromatic carbocycles. The highest BCUT2D eigenvalue weighted by molar-refractivity contribution is 7.80. The van der Waals surface area contributed by atoms with E-state index in [9.17, 15) is 0 Å². The minimum absolute atomic E-state index is 0.0353. The number of rotatable bonds is 3. The molecule has 0 spiro atoms. The van der Waals surface area contributed by atoms with Gasteiger partial charge in [0.05, 0.1) is 6.10 Å². The lowest BCUT2D eigenvalue weighted by Crippen LogP contribution is -2.50. The largest absolute Gasteiger partial charge is 0.350 e. The predicted molar refractivity (Wildman–Crippen MR) is 68.2 cm³/mol. The molecular weight excluding hydrogens is 224 g/mol. The quantitative estimate of drug-likeness (QED) is 0.767. The molecule has 4 nitrogen and oxygen atoms in total. The van der Waals surface area contributed by atoms with E-state index in [4.69, 9.17) is 21.7 Å². The van der Waals surface area contributed by atoms with Crippen LogP contribution in [0.5, 0.6) is 0 Å². The Morgan fingerprint density at radius 2 is 1.94 bits per heavy atom. The van der Waals surface area contributed by atoms with Crippen molar-refractivity contribution in [3.05, 3.63) is 0 Å². The Labute approximate surface area is 103 Å². The van der Waals surface area contributed by atoms with Crippen molar-refractivity contribution < 1.29 is 9.47 Å². The molecule has 5 heteroatoms. The van der Waals surface area contributed by atoms with E-state index in [0.717, 1.165) is 24.6 Å².